The number of carbonyl (C=O) groups is 1. The summed E-state index contributed by atoms with van der Waals surface area (Å²) in [6, 6.07) is 6.03. The molecular formula is C14H11Cl2NO3S2. The molecule has 116 valence electrons. The molecule has 0 saturated carbocycles. The van der Waals surface area contributed by atoms with Crippen LogP contribution in [0.15, 0.2) is 35.1 Å². The lowest BCUT2D eigenvalue weighted by atomic mass is 10.2. The number of thiophene rings is 1. The number of nitrogens with one attached hydrogen (secondary N) is 1. The molecular weight excluding hydrogens is 365 g/mol. The van der Waals surface area contributed by atoms with E-state index in [9.17, 15) is 13.2 Å². The van der Waals surface area contributed by atoms with Crippen molar-refractivity contribution < 1.29 is 13.2 Å². The van der Waals surface area contributed by atoms with Crippen molar-refractivity contribution in [3.63, 3.8) is 0 Å². The molecule has 4 nitrogen and oxygen atoms in total. The second-order valence-corrected chi connectivity index (χ2v) is 7.78. The van der Waals surface area contributed by atoms with Crippen LogP contribution < -0.4 is 4.72 Å². The van der Waals surface area contributed by atoms with Gasteiger partial charge in [0.1, 0.15) is 0 Å². The molecule has 8 heteroatoms. The Labute approximate surface area is 142 Å². The summed E-state index contributed by atoms with van der Waals surface area (Å²) in [5.74, 6) is -0.811. The summed E-state index contributed by atoms with van der Waals surface area (Å²) in [6.45, 7) is 1.91. The van der Waals surface area contributed by atoms with Crippen LogP contribution in [-0.2, 0) is 10.0 Å². The molecule has 0 saturated heterocycles. The number of benzene rings is 1. The maximum Gasteiger partial charge on any atom is 0.266 e. The predicted molar refractivity (Wildman–Crippen MR) is 90.9 cm³/mol. The molecule has 0 aliphatic heterocycles. The molecule has 1 aromatic heterocycles. The SMILES string of the molecule is Cc1csc(/C=C/S(=O)(=O)NC(=O)c2ccc(Cl)cc2Cl)c1. The van der Waals surface area contributed by atoms with Crippen molar-refractivity contribution >= 4 is 56.5 Å². The van der Waals surface area contributed by atoms with Gasteiger partial charge in [-0.2, -0.15) is 0 Å². The highest BCUT2D eigenvalue weighted by molar-refractivity contribution is 7.93. The lowest BCUT2D eigenvalue weighted by molar-refractivity contribution is 0.0982. The van der Waals surface area contributed by atoms with Gasteiger partial charge in [0.05, 0.1) is 16.0 Å². The number of amides is 1. The van der Waals surface area contributed by atoms with Gasteiger partial charge in [-0.05, 0) is 48.2 Å². The van der Waals surface area contributed by atoms with E-state index >= 15 is 0 Å². The van der Waals surface area contributed by atoms with E-state index in [0.717, 1.165) is 15.8 Å². The Kier molecular flexibility index (Phi) is 5.28. The zero-order chi connectivity index (χ0) is 16.3. The van der Waals surface area contributed by atoms with E-state index in [1.54, 1.807) is 0 Å². The predicted octanol–water partition coefficient (Wildman–Crippen LogP) is 4.09. The molecule has 0 spiro atoms. The quantitative estimate of drug-likeness (QED) is 0.874. The Bertz CT molecular complexity index is 842. The van der Waals surface area contributed by atoms with Crippen molar-refractivity contribution in [3.05, 3.63) is 61.1 Å². The standard InChI is InChI=1S/C14H11Cl2NO3S2/c1-9-6-11(21-8-9)4-5-22(19,20)17-14(18)12-3-2-10(15)7-13(12)16/h2-8H,1H3,(H,17,18)/b5-4+. The van der Waals surface area contributed by atoms with Crippen molar-refractivity contribution in [1.82, 2.24) is 4.72 Å². The highest BCUT2D eigenvalue weighted by Gasteiger charge is 2.16. The van der Waals surface area contributed by atoms with Gasteiger partial charge >= 0.3 is 0 Å². The fourth-order valence-electron chi connectivity index (χ4n) is 1.59. The second kappa shape index (κ2) is 6.83. The van der Waals surface area contributed by atoms with Crippen LogP contribution in [0.4, 0.5) is 0 Å². The summed E-state index contributed by atoms with van der Waals surface area (Å²) in [5.41, 5.74) is 1.08. The summed E-state index contributed by atoms with van der Waals surface area (Å²) in [7, 11) is -3.91. The molecule has 2 rings (SSSR count). The lowest BCUT2D eigenvalue weighted by Crippen LogP contribution is -2.28. The van der Waals surface area contributed by atoms with Gasteiger partial charge in [0.2, 0.25) is 0 Å². The smallest absolute Gasteiger partial charge is 0.266 e. The third-order valence-corrected chi connectivity index (χ3v) is 5.10. The number of hydrogen-bond acceptors (Lipinski definition) is 4. The van der Waals surface area contributed by atoms with Crippen LogP contribution in [0.25, 0.3) is 6.08 Å². The lowest BCUT2D eigenvalue weighted by Gasteiger charge is -2.05. The first-order chi connectivity index (χ1) is 10.3. The van der Waals surface area contributed by atoms with Gasteiger partial charge in [-0.1, -0.05) is 23.2 Å². The van der Waals surface area contributed by atoms with Crippen LogP contribution in [0.5, 0.6) is 0 Å². The minimum Gasteiger partial charge on any atom is -0.268 e. The van der Waals surface area contributed by atoms with Crippen LogP contribution in [0.3, 0.4) is 0 Å². The molecule has 0 unspecified atom stereocenters. The van der Waals surface area contributed by atoms with Crippen molar-refractivity contribution in [3.8, 4) is 0 Å². The molecule has 0 bridgehead atoms. The average molecular weight is 376 g/mol. The van der Waals surface area contributed by atoms with Gasteiger partial charge in [-0.15, -0.1) is 11.3 Å². The minimum atomic E-state index is -3.91. The molecule has 0 radical (unpaired) electrons. The van der Waals surface area contributed by atoms with E-state index in [-0.39, 0.29) is 10.6 Å². The van der Waals surface area contributed by atoms with Crippen molar-refractivity contribution in [2.75, 3.05) is 0 Å². The van der Waals surface area contributed by atoms with Crippen LogP contribution in [0.2, 0.25) is 10.0 Å². The van der Waals surface area contributed by atoms with E-state index in [4.69, 9.17) is 23.2 Å². The number of hydrogen-bond donors (Lipinski definition) is 1. The molecule has 22 heavy (non-hydrogen) atoms. The van der Waals surface area contributed by atoms with E-state index in [2.05, 4.69) is 0 Å². The number of carbonyl (C=O) groups excluding carboxylic acids is 1. The highest BCUT2D eigenvalue weighted by atomic mass is 35.5. The van der Waals surface area contributed by atoms with Gasteiger partial charge in [0, 0.05) is 9.90 Å². The van der Waals surface area contributed by atoms with Crippen LogP contribution in [-0.4, -0.2) is 14.3 Å². The fourth-order valence-corrected chi connectivity index (χ4v) is 3.72. The zero-order valence-corrected chi connectivity index (χ0v) is 14.5. The highest BCUT2D eigenvalue weighted by Crippen LogP contribution is 2.21. The molecule has 1 N–H and O–H groups in total. The Morgan fingerprint density at radius 2 is 2.00 bits per heavy atom. The second-order valence-electron chi connectivity index (χ2n) is 4.43. The monoisotopic (exact) mass is 375 g/mol. The molecule has 1 heterocycles. The number of halogens is 2. The molecule has 0 fully saturated rings. The Balaban J connectivity index is 2.14. The van der Waals surface area contributed by atoms with E-state index in [1.807, 2.05) is 23.1 Å². The number of rotatable bonds is 4. The zero-order valence-electron chi connectivity index (χ0n) is 11.3. The Hall–Kier alpha value is -1.34. The third kappa shape index (κ3) is 4.58. The molecule has 1 amide bonds. The first kappa shape index (κ1) is 17.0. The van der Waals surface area contributed by atoms with Crippen LogP contribution >= 0.6 is 34.5 Å². The van der Waals surface area contributed by atoms with Gasteiger partial charge < -0.3 is 0 Å². The first-order valence-corrected chi connectivity index (χ1v) is 9.20. The molecule has 0 aliphatic carbocycles. The fraction of sp³-hybridized carbons (Fsp3) is 0.0714. The van der Waals surface area contributed by atoms with E-state index in [1.165, 1.54) is 35.6 Å². The summed E-state index contributed by atoms with van der Waals surface area (Å²) >= 11 is 13.0. The van der Waals surface area contributed by atoms with Crippen LogP contribution in [0.1, 0.15) is 20.8 Å². The van der Waals surface area contributed by atoms with Crippen molar-refractivity contribution in [2.24, 2.45) is 0 Å². The first-order valence-electron chi connectivity index (χ1n) is 6.02. The maximum absolute atomic E-state index is 12.0. The summed E-state index contributed by atoms with van der Waals surface area (Å²) in [6.07, 6.45) is 1.43. The Morgan fingerprint density at radius 3 is 2.59 bits per heavy atom. The van der Waals surface area contributed by atoms with Gasteiger partial charge in [-0.25, -0.2) is 13.1 Å². The number of aryl methyl sites for hydroxylation is 1. The van der Waals surface area contributed by atoms with Crippen LogP contribution in [0, 0.1) is 6.92 Å². The molecule has 1 aromatic carbocycles. The molecule has 0 atom stereocenters. The maximum atomic E-state index is 12.0. The van der Waals surface area contributed by atoms with E-state index in [0.29, 0.717) is 5.02 Å². The van der Waals surface area contributed by atoms with E-state index < -0.39 is 15.9 Å². The molecule has 2 aromatic rings. The minimum absolute atomic E-state index is 0.0370. The van der Waals surface area contributed by atoms with Gasteiger partial charge in [0.15, 0.2) is 0 Å². The molecule has 0 aliphatic rings. The number of sulfonamides is 1. The normalized spacial score (nSPS) is 11.8. The summed E-state index contributed by atoms with van der Waals surface area (Å²) in [5, 5.41) is 3.29. The average Bonchev–Trinajstić information content (AvgIpc) is 2.81. The van der Waals surface area contributed by atoms with Crippen molar-refractivity contribution in [1.29, 1.82) is 0 Å². The largest absolute Gasteiger partial charge is 0.268 e. The third-order valence-electron chi connectivity index (χ3n) is 2.57. The Morgan fingerprint density at radius 1 is 1.27 bits per heavy atom. The summed E-state index contributed by atoms with van der Waals surface area (Å²) < 4.78 is 25.7. The van der Waals surface area contributed by atoms with Crippen molar-refractivity contribution in [2.45, 2.75) is 6.92 Å². The van der Waals surface area contributed by atoms with Gasteiger partial charge in [0.25, 0.3) is 15.9 Å². The topological polar surface area (TPSA) is 63.2 Å². The summed E-state index contributed by atoms with van der Waals surface area (Å²) in [4.78, 5) is 12.7. The van der Waals surface area contributed by atoms with Gasteiger partial charge in [-0.3, -0.25) is 4.79 Å².